The first kappa shape index (κ1) is 12.2. The highest BCUT2D eigenvalue weighted by molar-refractivity contribution is 7.90. The minimum atomic E-state index is -2.86. The fraction of sp³-hybridized carbons (Fsp3) is 0.455. The van der Waals surface area contributed by atoms with Gasteiger partial charge in [-0.2, -0.15) is 0 Å². The Hall–Kier alpha value is -0.870. The van der Waals surface area contributed by atoms with Crippen molar-refractivity contribution in [1.29, 1.82) is 0 Å². The molecule has 0 aliphatic rings. The predicted octanol–water partition coefficient (Wildman–Crippen LogP) is 1.38. The molecule has 0 saturated carbocycles. The zero-order valence-corrected chi connectivity index (χ0v) is 9.92. The second-order valence-electron chi connectivity index (χ2n) is 3.72. The first-order chi connectivity index (χ1) is 6.99. The summed E-state index contributed by atoms with van der Waals surface area (Å²) in [7, 11) is -2.86. The van der Waals surface area contributed by atoms with E-state index >= 15 is 0 Å². The summed E-state index contributed by atoms with van der Waals surface area (Å²) in [5, 5.41) is 3.18. The van der Waals surface area contributed by atoms with E-state index in [-0.39, 0.29) is 11.8 Å². The van der Waals surface area contributed by atoms with Crippen LogP contribution in [-0.4, -0.2) is 27.0 Å². The van der Waals surface area contributed by atoms with Crippen LogP contribution in [0.3, 0.4) is 0 Å². The maximum absolute atomic E-state index is 10.9. The van der Waals surface area contributed by atoms with E-state index in [0.29, 0.717) is 6.54 Å². The topological polar surface area (TPSA) is 46.2 Å². The van der Waals surface area contributed by atoms with E-state index < -0.39 is 9.84 Å². The van der Waals surface area contributed by atoms with E-state index in [1.165, 1.54) is 11.8 Å². The van der Waals surface area contributed by atoms with Crippen LogP contribution >= 0.6 is 0 Å². The van der Waals surface area contributed by atoms with Crippen LogP contribution in [0, 0.1) is 0 Å². The van der Waals surface area contributed by atoms with Crippen molar-refractivity contribution in [2.45, 2.75) is 13.0 Å². The Kier molecular flexibility index (Phi) is 4.29. The molecule has 84 valence electrons. The van der Waals surface area contributed by atoms with Crippen molar-refractivity contribution < 1.29 is 8.42 Å². The Labute approximate surface area is 91.4 Å². The molecule has 0 amide bonds. The molecular weight excluding hydrogens is 210 g/mol. The highest BCUT2D eigenvalue weighted by Crippen LogP contribution is 2.10. The quantitative estimate of drug-likeness (QED) is 0.826. The molecule has 4 heteroatoms. The minimum Gasteiger partial charge on any atom is -0.309 e. The second-order valence-corrected chi connectivity index (χ2v) is 5.98. The SMILES string of the molecule is C[C@H](NCCS(C)(=O)=O)c1ccccc1. The van der Waals surface area contributed by atoms with E-state index in [1.54, 1.807) is 0 Å². The average molecular weight is 227 g/mol. The molecule has 0 saturated heterocycles. The Morgan fingerprint density at radius 2 is 1.87 bits per heavy atom. The molecule has 0 heterocycles. The molecule has 0 fully saturated rings. The van der Waals surface area contributed by atoms with Gasteiger partial charge in [-0.3, -0.25) is 0 Å². The molecule has 3 nitrogen and oxygen atoms in total. The molecule has 1 rings (SSSR count). The zero-order valence-electron chi connectivity index (χ0n) is 9.10. The molecule has 0 aromatic heterocycles. The largest absolute Gasteiger partial charge is 0.309 e. The number of nitrogens with one attached hydrogen (secondary N) is 1. The molecule has 0 radical (unpaired) electrons. The highest BCUT2D eigenvalue weighted by Gasteiger charge is 2.05. The van der Waals surface area contributed by atoms with Crippen LogP contribution in [0.5, 0.6) is 0 Å². The smallest absolute Gasteiger partial charge is 0.148 e. The van der Waals surface area contributed by atoms with Crippen molar-refractivity contribution in [2.24, 2.45) is 0 Å². The van der Waals surface area contributed by atoms with Crippen LogP contribution in [0.4, 0.5) is 0 Å². The Morgan fingerprint density at radius 1 is 1.27 bits per heavy atom. The van der Waals surface area contributed by atoms with Gasteiger partial charge in [0.25, 0.3) is 0 Å². The van der Waals surface area contributed by atoms with Crippen LogP contribution in [0.1, 0.15) is 18.5 Å². The summed E-state index contributed by atoms with van der Waals surface area (Å²) >= 11 is 0. The van der Waals surface area contributed by atoms with Crippen molar-refractivity contribution in [3.8, 4) is 0 Å². The standard InChI is InChI=1S/C11H17NO2S/c1-10(11-6-4-3-5-7-11)12-8-9-15(2,13)14/h3-7,10,12H,8-9H2,1-2H3/t10-/m0/s1. The van der Waals surface area contributed by atoms with Crippen molar-refractivity contribution in [1.82, 2.24) is 5.32 Å². The number of benzene rings is 1. The maximum Gasteiger partial charge on any atom is 0.148 e. The molecule has 15 heavy (non-hydrogen) atoms. The first-order valence-electron chi connectivity index (χ1n) is 4.95. The normalized spacial score (nSPS) is 13.7. The van der Waals surface area contributed by atoms with Crippen molar-refractivity contribution in [3.05, 3.63) is 35.9 Å². The average Bonchev–Trinajstić information content (AvgIpc) is 2.17. The van der Waals surface area contributed by atoms with Gasteiger partial charge in [0.2, 0.25) is 0 Å². The third kappa shape index (κ3) is 4.95. The first-order valence-corrected chi connectivity index (χ1v) is 7.01. The van der Waals surface area contributed by atoms with E-state index in [2.05, 4.69) is 5.32 Å². The maximum atomic E-state index is 10.9. The van der Waals surface area contributed by atoms with E-state index in [4.69, 9.17) is 0 Å². The summed E-state index contributed by atoms with van der Waals surface area (Å²) in [6.45, 7) is 2.52. The fourth-order valence-corrected chi connectivity index (χ4v) is 1.81. The lowest BCUT2D eigenvalue weighted by Crippen LogP contribution is -2.25. The van der Waals surface area contributed by atoms with Gasteiger partial charge >= 0.3 is 0 Å². The number of rotatable bonds is 5. The van der Waals surface area contributed by atoms with Gasteiger partial charge in [-0.15, -0.1) is 0 Å². The van der Waals surface area contributed by atoms with Gasteiger partial charge in [-0.1, -0.05) is 30.3 Å². The second kappa shape index (κ2) is 5.28. The summed E-state index contributed by atoms with van der Waals surface area (Å²) in [5.74, 6) is 0.185. The van der Waals surface area contributed by atoms with Gasteiger partial charge in [0, 0.05) is 18.8 Å². The number of sulfone groups is 1. The van der Waals surface area contributed by atoms with Crippen molar-refractivity contribution >= 4 is 9.84 Å². The van der Waals surface area contributed by atoms with Gasteiger partial charge in [0.05, 0.1) is 5.75 Å². The Morgan fingerprint density at radius 3 is 2.40 bits per heavy atom. The molecule has 1 atom stereocenters. The van der Waals surface area contributed by atoms with Gasteiger partial charge in [0.1, 0.15) is 9.84 Å². The zero-order chi connectivity index (χ0) is 11.3. The van der Waals surface area contributed by atoms with E-state index in [9.17, 15) is 8.42 Å². The summed E-state index contributed by atoms with van der Waals surface area (Å²) < 4.78 is 21.8. The van der Waals surface area contributed by atoms with Gasteiger partial charge in [-0.25, -0.2) is 8.42 Å². The summed E-state index contributed by atoms with van der Waals surface area (Å²) in [4.78, 5) is 0. The fourth-order valence-electron chi connectivity index (χ4n) is 1.32. The molecule has 0 aliphatic heterocycles. The van der Waals surface area contributed by atoms with E-state index in [0.717, 1.165) is 0 Å². The van der Waals surface area contributed by atoms with Gasteiger partial charge < -0.3 is 5.32 Å². The molecule has 1 aromatic carbocycles. The van der Waals surface area contributed by atoms with Crippen LogP contribution in [0.15, 0.2) is 30.3 Å². The highest BCUT2D eigenvalue weighted by atomic mass is 32.2. The van der Waals surface area contributed by atoms with Gasteiger partial charge in [0.15, 0.2) is 0 Å². The van der Waals surface area contributed by atoms with Gasteiger partial charge in [-0.05, 0) is 12.5 Å². The molecule has 0 aliphatic carbocycles. The van der Waals surface area contributed by atoms with Crippen LogP contribution < -0.4 is 5.32 Å². The lowest BCUT2D eigenvalue weighted by molar-refractivity contribution is 0.576. The molecule has 0 spiro atoms. The number of hydrogen-bond donors (Lipinski definition) is 1. The third-order valence-electron chi connectivity index (χ3n) is 2.22. The predicted molar refractivity (Wildman–Crippen MR) is 62.6 cm³/mol. The van der Waals surface area contributed by atoms with Crippen LogP contribution in [-0.2, 0) is 9.84 Å². The van der Waals surface area contributed by atoms with Crippen molar-refractivity contribution in [2.75, 3.05) is 18.6 Å². The summed E-state index contributed by atoms with van der Waals surface area (Å²) in [6, 6.07) is 10.2. The lowest BCUT2D eigenvalue weighted by atomic mass is 10.1. The minimum absolute atomic E-state index is 0.185. The number of hydrogen-bond acceptors (Lipinski definition) is 3. The molecule has 1 N–H and O–H groups in total. The van der Waals surface area contributed by atoms with Crippen molar-refractivity contribution in [3.63, 3.8) is 0 Å². The Balaban J connectivity index is 2.41. The molecule has 0 unspecified atom stereocenters. The van der Waals surface area contributed by atoms with E-state index in [1.807, 2.05) is 37.3 Å². The van der Waals surface area contributed by atoms with Crippen LogP contribution in [0.2, 0.25) is 0 Å². The summed E-state index contributed by atoms with van der Waals surface area (Å²) in [6.07, 6.45) is 1.25. The third-order valence-corrected chi connectivity index (χ3v) is 3.17. The molecule has 1 aromatic rings. The monoisotopic (exact) mass is 227 g/mol. The molecular formula is C11H17NO2S. The Bertz CT molecular complexity index is 386. The van der Waals surface area contributed by atoms with Crippen LogP contribution in [0.25, 0.3) is 0 Å². The summed E-state index contributed by atoms with van der Waals surface area (Å²) in [5.41, 5.74) is 1.17. The molecule has 0 bridgehead atoms. The lowest BCUT2D eigenvalue weighted by Gasteiger charge is -2.13.